The van der Waals surface area contributed by atoms with E-state index in [4.69, 9.17) is 13.9 Å². The Morgan fingerprint density at radius 3 is 3.17 bits per heavy atom. The molecule has 0 radical (unpaired) electrons. The second kappa shape index (κ2) is 5.00. The van der Waals surface area contributed by atoms with Crippen LogP contribution in [0.1, 0.15) is 18.2 Å². The highest BCUT2D eigenvalue weighted by Crippen LogP contribution is 2.27. The molecule has 2 aromatic rings. The summed E-state index contributed by atoms with van der Waals surface area (Å²) in [5.41, 5.74) is 0.886. The summed E-state index contributed by atoms with van der Waals surface area (Å²) in [5, 5.41) is 4.50. The Hall–Kier alpha value is -1.52. The van der Waals surface area contributed by atoms with Gasteiger partial charge in [0.05, 0.1) is 19.8 Å². The number of hydrogen-bond donors (Lipinski definition) is 1. The average molecular weight is 247 g/mol. The summed E-state index contributed by atoms with van der Waals surface area (Å²) < 4.78 is 16.6. The van der Waals surface area contributed by atoms with Crippen LogP contribution in [0.5, 0.6) is 5.75 Å². The second-order valence-electron chi connectivity index (χ2n) is 4.49. The Balaban J connectivity index is 1.91. The van der Waals surface area contributed by atoms with Gasteiger partial charge >= 0.3 is 0 Å². The molecule has 96 valence electrons. The van der Waals surface area contributed by atoms with E-state index in [2.05, 4.69) is 11.4 Å². The molecule has 1 aromatic heterocycles. The third kappa shape index (κ3) is 2.21. The lowest BCUT2D eigenvalue weighted by Gasteiger charge is -2.11. The Labute approximate surface area is 106 Å². The Kier molecular flexibility index (Phi) is 3.21. The summed E-state index contributed by atoms with van der Waals surface area (Å²) in [7, 11) is 1.67. The van der Waals surface area contributed by atoms with E-state index in [1.54, 1.807) is 7.11 Å². The van der Waals surface area contributed by atoms with Crippen molar-refractivity contribution < 1.29 is 13.9 Å². The molecule has 1 aliphatic heterocycles. The zero-order valence-electron chi connectivity index (χ0n) is 10.4. The summed E-state index contributed by atoms with van der Waals surface area (Å²) in [6.45, 7) is 2.44. The largest absolute Gasteiger partial charge is 0.497 e. The molecule has 1 fully saturated rings. The molecule has 1 saturated heterocycles. The van der Waals surface area contributed by atoms with Crippen LogP contribution in [-0.2, 0) is 4.74 Å². The van der Waals surface area contributed by atoms with Gasteiger partial charge in [-0.3, -0.25) is 0 Å². The maximum Gasteiger partial charge on any atom is 0.134 e. The number of methoxy groups -OCH3 is 1. The first kappa shape index (κ1) is 11.6. The molecule has 1 aliphatic rings. The first-order valence-electron chi connectivity index (χ1n) is 6.25. The van der Waals surface area contributed by atoms with Crippen LogP contribution in [-0.4, -0.2) is 26.9 Å². The van der Waals surface area contributed by atoms with Gasteiger partial charge in [-0.25, -0.2) is 0 Å². The van der Waals surface area contributed by atoms with Crippen molar-refractivity contribution in [3.05, 3.63) is 30.0 Å². The van der Waals surface area contributed by atoms with E-state index in [9.17, 15) is 0 Å². The number of nitrogens with one attached hydrogen (secondary N) is 1. The minimum absolute atomic E-state index is 0.144. The van der Waals surface area contributed by atoms with Crippen LogP contribution in [0.3, 0.4) is 0 Å². The molecule has 0 amide bonds. The molecule has 1 aromatic carbocycles. The van der Waals surface area contributed by atoms with E-state index >= 15 is 0 Å². The smallest absolute Gasteiger partial charge is 0.134 e. The molecule has 3 rings (SSSR count). The Bertz CT molecular complexity index is 527. The van der Waals surface area contributed by atoms with Gasteiger partial charge in [0.15, 0.2) is 0 Å². The monoisotopic (exact) mass is 247 g/mol. The van der Waals surface area contributed by atoms with Gasteiger partial charge in [-0.2, -0.15) is 0 Å². The van der Waals surface area contributed by atoms with Crippen molar-refractivity contribution in [1.82, 2.24) is 5.32 Å². The molecular weight excluding hydrogens is 230 g/mol. The highest BCUT2D eigenvalue weighted by molar-refractivity contribution is 5.79. The summed E-state index contributed by atoms with van der Waals surface area (Å²) in [6, 6.07) is 8.04. The van der Waals surface area contributed by atoms with Crippen LogP contribution in [0.25, 0.3) is 11.0 Å². The normalized spacial score (nSPS) is 20.8. The lowest BCUT2D eigenvalue weighted by atomic mass is 10.2. The third-order valence-corrected chi connectivity index (χ3v) is 3.23. The maximum absolute atomic E-state index is 5.86. The third-order valence-electron chi connectivity index (χ3n) is 3.23. The number of ether oxygens (including phenoxy) is 2. The predicted molar refractivity (Wildman–Crippen MR) is 68.9 cm³/mol. The maximum atomic E-state index is 5.86. The lowest BCUT2D eigenvalue weighted by molar-refractivity contribution is 0.126. The van der Waals surface area contributed by atoms with Crippen molar-refractivity contribution in [3.8, 4) is 5.75 Å². The summed E-state index contributed by atoms with van der Waals surface area (Å²) in [5.74, 6) is 1.78. The second-order valence-corrected chi connectivity index (χ2v) is 4.49. The zero-order valence-corrected chi connectivity index (χ0v) is 10.4. The highest BCUT2D eigenvalue weighted by Gasteiger charge is 2.18. The van der Waals surface area contributed by atoms with E-state index < -0.39 is 0 Å². The van der Waals surface area contributed by atoms with Crippen molar-refractivity contribution in [2.24, 2.45) is 0 Å². The number of fused-ring (bicyclic) bond motifs is 1. The molecule has 1 unspecified atom stereocenters. The predicted octanol–water partition coefficient (Wildman–Crippen LogP) is 2.49. The van der Waals surface area contributed by atoms with E-state index in [0.717, 1.165) is 42.1 Å². The summed E-state index contributed by atoms with van der Waals surface area (Å²) in [6.07, 6.45) is 1.05. The van der Waals surface area contributed by atoms with Crippen LogP contribution in [0.2, 0.25) is 0 Å². The molecule has 4 heteroatoms. The van der Waals surface area contributed by atoms with Crippen LogP contribution < -0.4 is 10.1 Å². The first-order chi connectivity index (χ1) is 8.86. The van der Waals surface area contributed by atoms with Crippen LogP contribution in [0.4, 0.5) is 0 Å². The van der Waals surface area contributed by atoms with Crippen molar-refractivity contribution in [1.29, 1.82) is 0 Å². The van der Waals surface area contributed by atoms with Crippen LogP contribution in [0, 0.1) is 0 Å². The zero-order chi connectivity index (χ0) is 12.4. The molecule has 0 bridgehead atoms. The van der Waals surface area contributed by atoms with Crippen molar-refractivity contribution in [2.45, 2.75) is 12.5 Å². The Morgan fingerprint density at radius 1 is 1.33 bits per heavy atom. The molecular formula is C14H17NO3. The SMILES string of the molecule is COc1ccc2oc(C3COCCCN3)cc2c1. The number of rotatable bonds is 2. The number of benzene rings is 1. The lowest BCUT2D eigenvalue weighted by Crippen LogP contribution is -2.22. The highest BCUT2D eigenvalue weighted by atomic mass is 16.5. The topological polar surface area (TPSA) is 43.6 Å². The minimum atomic E-state index is 0.144. The molecule has 2 heterocycles. The quantitative estimate of drug-likeness (QED) is 0.885. The van der Waals surface area contributed by atoms with Gasteiger partial charge in [-0.05, 0) is 37.2 Å². The molecule has 0 aliphatic carbocycles. The first-order valence-corrected chi connectivity index (χ1v) is 6.25. The van der Waals surface area contributed by atoms with Gasteiger partial charge in [0.25, 0.3) is 0 Å². The number of furan rings is 1. The molecule has 4 nitrogen and oxygen atoms in total. The van der Waals surface area contributed by atoms with Crippen LogP contribution in [0.15, 0.2) is 28.7 Å². The van der Waals surface area contributed by atoms with Gasteiger partial charge in [-0.15, -0.1) is 0 Å². The van der Waals surface area contributed by atoms with E-state index in [1.165, 1.54) is 0 Å². The van der Waals surface area contributed by atoms with Gasteiger partial charge < -0.3 is 19.2 Å². The van der Waals surface area contributed by atoms with Crippen molar-refractivity contribution in [2.75, 3.05) is 26.9 Å². The molecule has 0 saturated carbocycles. The minimum Gasteiger partial charge on any atom is -0.497 e. The van der Waals surface area contributed by atoms with Gasteiger partial charge in [0.2, 0.25) is 0 Å². The summed E-state index contributed by atoms with van der Waals surface area (Å²) >= 11 is 0. The summed E-state index contributed by atoms with van der Waals surface area (Å²) in [4.78, 5) is 0. The fourth-order valence-corrected chi connectivity index (χ4v) is 2.23. The molecule has 1 atom stereocenters. The molecule has 0 spiro atoms. The van der Waals surface area contributed by atoms with E-state index in [1.807, 2.05) is 18.2 Å². The fourth-order valence-electron chi connectivity index (χ4n) is 2.23. The van der Waals surface area contributed by atoms with E-state index in [0.29, 0.717) is 6.61 Å². The van der Waals surface area contributed by atoms with Crippen molar-refractivity contribution >= 4 is 11.0 Å². The van der Waals surface area contributed by atoms with Crippen molar-refractivity contribution in [3.63, 3.8) is 0 Å². The molecule has 18 heavy (non-hydrogen) atoms. The Morgan fingerprint density at radius 2 is 2.28 bits per heavy atom. The van der Waals surface area contributed by atoms with Gasteiger partial charge in [0.1, 0.15) is 17.1 Å². The standard InChI is InChI=1S/C14H17NO3/c1-16-11-3-4-13-10(7-11)8-14(18-13)12-9-17-6-2-5-15-12/h3-4,7-8,12,15H,2,5-6,9H2,1H3. The average Bonchev–Trinajstić information content (AvgIpc) is 2.63. The van der Waals surface area contributed by atoms with Gasteiger partial charge in [-0.1, -0.05) is 0 Å². The molecule has 1 N–H and O–H groups in total. The number of hydrogen-bond acceptors (Lipinski definition) is 4. The van der Waals surface area contributed by atoms with Gasteiger partial charge in [0, 0.05) is 12.0 Å². The fraction of sp³-hybridized carbons (Fsp3) is 0.429. The van der Waals surface area contributed by atoms with Crippen LogP contribution >= 0.6 is 0 Å². The van der Waals surface area contributed by atoms with E-state index in [-0.39, 0.29) is 6.04 Å².